The molecule has 5 atom stereocenters. The Balaban J connectivity index is 1.59. The predicted molar refractivity (Wildman–Crippen MR) is 174 cm³/mol. The molecule has 7 rings (SSSR count). The molecule has 0 radical (unpaired) electrons. The average molecular weight is 629 g/mol. The van der Waals surface area contributed by atoms with Crippen LogP contribution in [0.25, 0.3) is 6.08 Å². The van der Waals surface area contributed by atoms with E-state index in [4.69, 9.17) is 14.2 Å². The summed E-state index contributed by atoms with van der Waals surface area (Å²) in [6.45, 7) is 15.4. The summed E-state index contributed by atoms with van der Waals surface area (Å²) in [6, 6.07) is 0. The summed E-state index contributed by atoms with van der Waals surface area (Å²) in [5, 5.41) is 21.4. The number of aliphatic carboxylic acids is 1. The minimum Gasteiger partial charge on any atom is -0.506 e. The Hall–Kier alpha value is -3.91. The van der Waals surface area contributed by atoms with Crippen molar-refractivity contribution in [2.45, 2.75) is 110 Å². The number of allylic oxidation sites excluding steroid dienone is 5. The highest BCUT2D eigenvalue weighted by atomic mass is 16.6. The number of fused-ring (bicyclic) bond motifs is 2. The third kappa shape index (κ3) is 4.47. The van der Waals surface area contributed by atoms with Crippen LogP contribution in [0.5, 0.6) is 17.2 Å². The summed E-state index contributed by atoms with van der Waals surface area (Å²) in [7, 11) is 0. The normalized spacial score (nSPS) is 31.2. The van der Waals surface area contributed by atoms with Gasteiger partial charge in [-0.2, -0.15) is 0 Å². The second-order valence-corrected chi connectivity index (χ2v) is 14.8. The second-order valence-electron chi connectivity index (χ2n) is 14.8. The lowest BCUT2D eigenvalue weighted by Gasteiger charge is -2.56. The van der Waals surface area contributed by atoms with Crippen LogP contribution in [-0.4, -0.2) is 50.2 Å². The van der Waals surface area contributed by atoms with Gasteiger partial charge in [-0.05, 0) is 93.2 Å². The summed E-state index contributed by atoms with van der Waals surface area (Å²) in [5.74, 6) is -2.28. The van der Waals surface area contributed by atoms with Crippen molar-refractivity contribution in [2.75, 3.05) is 0 Å². The third-order valence-corrected chi connectivity index (χ3v) is 10.5. The molecule has 1 aromatic carbocycles. The van der Waals surface area contributed by atoms with Crippen LogP contribution >= 0.6 is 0 Å². The van der Waals surface area contributed by atoms with E-state index >= 15 is 0 Å². The molecule has 0 amide bonds. The van der Waals surface area contributed by atoms with Crippen molar-refractivity contribution in [1.29, 1.82) is 0 Å². The number of Topliss-reactive ketones (excluding diaryl/α,β-unsaturated/α-hetero) is 2. The molecule has 46 heavy (non-hydrogen) atoms. The number of phenols is 1. The van der Waals surface area contributed by atoms with Crippen molar-refractivity contribution >= 4 is 23.6 Å². The fraction of sp³-hybridized carbons (Fsp3) is 0.500. The first-order valence-corrected chi connectivity index (χ1v) is 16.2. The summed E-state index contributed by atoms with van der Waals surface area (Å²) in [5.41, 5.74) is -0.952. The molecule has 0 aromatic heterocycles. The molecule has 6 aliphatic rings. The van der Waals surface area contributed by atoms with Gasteiger partial charge in [0.15, 0.2) is 22.8 Å². The maximum atomic E-state index is 14.7. The van der Waals surface area contributed by atoms with Crippen LogP contribution in [0.2, 0.25) is 0 Å². The lowest BCUT2D eigenvalue weighted by molar-refractivity contribution is -0.171. The topological polar surface area (TPSA) is 119 Å². The number of phenolic OH excluding ortho intramolecular Hbond substituents is 1. The lowest BCUT2D eigenvalue weighted by atomic mass is 9.51. The Morgan fingerprint density at radius 1 is 1.00 bits per heavy atom. The number of carbonyl (C=O) groups excluding carboxylic acids is 2. The van der Waals surface area contributed by atoms with Crippen LogP contribution in [0.3, 0.4) is 0 Å². The van der Waals surface area contributed by atoms with Gasteiger partial charge in [-0.15, -0.1) is 0 Å². The molecular formula is C38H44O8. The smallest absolute Gasteiger partial charge is 0.330 e. The summed E-state index contributed by atoms with van der Waals surface area (Å²) >= 11 is 0. The molecule has 8 nitrogen and oxygen atoms in total. The highest BCUT2D eigenvalue weighted by molar-refractivity contribution is 6.19. The minimum absolute atomic E-state index is 0.0544. The van der Waals surface area contributed by atoms with Crippen LogP contribution in [-0.2, 0) is 20.7 Å². The van der Waals surface area contributed by atoms with Crippen molar-refractivity contribution in [1.82, 2.24) is 0 Å². The maximum absolute atomic E-state index is 14.7. The standard InChI is InChI=1S/C38H44O8/c1-20(2)10-9-15-36(8)16-14-24-29(39)28-30(40)26-18-23-19-27-35(6,7)46-37(33(23)41,17-13-22(5)34(42)43)38(26,27)45-32(28)25(31(24)44-36)12-11-21(3)4/h10-11,13-14,16,18,23,27,39H,9,12,15,17,19H2,1-8H3,(H,42,43)/b22-13-/t23-,27-,36+,37+,38-/m0/s1. The Morgan fingerprint density at radius 3 is 2.35 bits per heavy atom. The van der Waals surface area contributed by atoms with Crippen LogP contribution in [0, 0.1) is 11.8 Å². The van der Waals surface area contributed by atoms with Gasteiger partial charge in [-0.1, -0.05) is 35.5 Å². The van der Waals surface area contributed by atoms with Gasteiger partial charge in [0.2, 0.25) is 0 Å². The van der Waals surface area contributed by atoms with Gasteiger partial charge >= 0.3 is 5.97 Å². The Bertz CT molecular complexity index is 1730. The highest BCUT2D eigenvalue weighted by Crippen LogP contribution is 2.68. The third-order valence-electron chi connectivity index (χ3n) is 10.5. The molecule has 3 aliphatic carbocycles. The molecule has 2 N–H and O–H groups in total. The van der Waals surface area contributed by atoms with E-state index in [9.17, 15) is 24.6 Å². The number of benzene rings is 1. The first-order valence-electron chi connectivity index (χ1n) is 16.2. The number of ether oxygens (including phenoxy) is 3. The SMILES string of the molecule is CC(C)=CCC[C@]1(C)C=Cc2c(O)c3c(c(CC=C(C)C)c2O1)O[C@@]12C(=C[C@H]4C[C@H]1C(C)(C)O[C@]2(C/C=C(/C)C(=O)O)C4=O)C3=O. The number of hydrogen-bond donors (Lipinski definition) is 2. The predicted octanol–water partition coefficient (Wildman–Crippen LogP) is 7.24. The summed E-state index contributed by atoms with van der Waals surface area (Å²) in [4.78, 5) is 40.8. The molecule has 1 saturated carbocycles. The van der Waals surface area contributed by atoms with E-state index in [1.165, 1.54) is 18.6 Å². The molecule has 3 aliphatic heterocycles. The molecule has 4 bridgehead atoms. The largest absolute Gasteiger partial charge is 0.506 e. The van der Waals surface area contributed by atoms with Crippen molar-refractivity contribution in [3.8, 4) is 17.2 Å². The Kier molecular flexibility index (Phi) is 7.36. The van der Waals surface area contributed by atoms with E-state index in [1.54, 1.807) is 6.08 Å². The van der Waals surface area contributed by atoms with E-state index in [-0.39, 0.29) is 40.8 Å². The Morgan fingerprint density at radius 2 is 1.70 bits per heavy atom. The number of rotatable bonds is 8. The monoisotopic (exact) mass is 628 g/mol. The van der Waals surface area contributed by atoms with Crippen LogP contribution in [0.1, 0.15) is 103 Å². The van der Waals surface area contributed by atoms with Crippen LogP contribution < -0.4 is 9.47 Å². The van der Waals surface area contributed by atoms with E-state index in [2.05, 4.69) is 19.9 Å². The van der Waals surface area contributed by atoms with Gasteiger partial charge in [0, 0.05) is 35.0 Å². The van der Waals surface area contributed by atoms with Crippen LogP contribution in [0.4, 0.5) is 0 Å². The van der Waals surface area contributed by atoms with Gasteiger partial charge in [-0.3, -0.25) is 9.59 Å². The lowest BCUT2D eigenvalue weighted by Crippen LogP contribution is -2.72. The van der Waals surface area contributed by atoms with Crippen molar-refractivity contribution < 1.29 is 38.8 Å². The zero-order chi connectivity index (χ0) is 33.6. The summed E-state index contributed by atoms with van der Waals surface area (Å²) < 4.78 is 20.6. The highest BCUT2D eigenvalue weighted by Gasteiger charge is 2.81. The zero-order valence-electron chi connectivity index (χ0n) is 28.0. The van der Waals surface area contributed by atoms with Gasteiger partial charge in [0.05, 0.1) is 11.2 Å². The summed E-state index contributed by atoms with van der Waals surface area (Å²) in [6.07, 6.45) is 13.4. The van der Waals surface area contributed by atoms with Gasteiger partial charge < -0.3 is 24.4 Å². The number of ketones is 2. The van der Waals surface area contributed by atoms with Gasteiger partial charge in [0.25, 0.3) is 0 Å². The number of aromatic hydroxyl groups is 1. The minimum atomic E-state index is -1.63. The van der Waals surface area contributed by atoms with E-state index < -0.39 is 40.1 Å². The molecule has 1 saturated heterocycles. The first kappa shape index (κ1) is 32.0. The van der Waals surface area contributed by atoms with E-state index in [1.807, 2.05) is 52.8 Å². The maximum Gasteiger partial charge on any atom is 0.330 e. The number of carbonyl (C=O) groups is 3. The number of hydrogen-bond acceptors (Lipinski definition) is 7. The van der Waals surface area contributed by atoms with Crippen molar-refractivity contribution in [3.05, 3.63) is 69.4 Å². The van der Waals surface area contributed by atoms with Gasteiger partial charge in [-0.25, -0.2) is 4.79 Å². The molecule has 0 unspecified atom stereocenters. The quantitative estimate of drug-likeness (QED) is 0.228. The number of carboxylic acid groups (broad SMARTS) is 1. The molecule has 2 fully saturated rings. The molecule has 244 valence electrons. The van der Waals surface area contributed by atoms with Crippen molar-refractivity contribution in [3.63, 3.8) is 0 Å². The van der Waals surface area contributed by atoms with E-state index in [0.717, 1.165) is 12.0 Å². The average Bonchev–Trinajstić information content (AvgIpc) is 3.12. The van der Waals surface area contributed by atoms with Gasteiger partial charge in [0.1, 0.15) is 28.4 Å². The molecule has 8 heteroatoms. The van der Waals surface area contributed by atoms with Crippen molar-refractivity contribution in [2.24, 2.45) is 11.8 Å². The molecular weight excluding hydrogens is 584 g/mol. The second kappa shape index (κ2) is 10.6. The first-order chi connectivity index (χ1) is 21.5. The fourth-order valence-electron chi connectivity index (χ4n) is 8.17. The molecule has 1 aromatic rings. The molecule has 1 spiro atoms. The van der Waals surface area contributed by atoms with Crippen LogP contribution in [0.15, 0.2) is 52.7 Å². The Labute approximate surface area is 270 Å². The van der Waals surface area contributed by atoms with E-state index in [0.29, 0.717) is 41.7 Å². The number of carboxylic acids is 1. The molecule has 3 heterocycles. The zero-order valence-corrected chi connectivity index (χ0v) is 28.0. The fourth-order valence-corrected chi connectivity index (χ4v) is 8.17.